The van der Waals surface area contributed by atoms with Gasteiger partial charge in [0.15, 0.2) is 0 Å². The van der Waals surface area contributed by atoms with Gasteiger partial charge in [0.1, 0.15) is 22.7 Å². The van der Waals surface area contributed by atoms with Gasteiger partial charge >= 0.3 is 5.97 Å². The summed E-state index contributed by atoms with van der Waals surface area (Å²) in [4.78, 5) is 25.2. The number of thioether (sulfide) groups is 1. The van der Waals surface area contributed by atoms with E-state index in [0.29, 0.717) is 11.5 Å². The van der Waals surface area contributed by atoms with Crippen molar-refractivity contribution in [1.29, 1.82) is 0 Å². The number of benzene rings is 2. The normalized spacial score (nSPS) is 16.5. The molecule has 0 unspecified atom stereocenters. The molecule has 0 spiro atoms. The maximum atomic E-state index is 12.5. The van der Waals surface area contributed by atoms with Gasteiger partial charge in [-0.15, -0.1) is 0 Å². The van der Waals surface area contributed by atoms with E-state index < -0.39 is 12.0 Å². The first-order valence-electron chi connectivity index (χ1n) is 8.63. The van der Waals surface area contributed by atoms with Gasteiger partial charge in [-0.1, -0.05) is 65.9 Å². The molecule has 3 rings (SSSR count). The van der Waals surface area contributed by atoms with Crippen molar-refractivity contribution in [2.24, 2.45) is 0 Å². The van der Waals surface area contributed by atoms with Crippen LogP contribution in [0.1, 0.15) is 23.6 Å². The number of hydrogen-bond donors (Lipinski definition) is 1. The number of nitrogens with zero attached hydrogens (tertiary/aromatic N) is 1. The van der Waals surface area contributed by atoms with E-state index in [2.05, 4.69) is 0 Å². The number of carbonyl (C=O) groups is 2. The molecule has 1 saturated heterocycles. The van der Waals surface area contributed by atoms with E-state index in [-0.39, 0.29) is 10.2 Å². The SMILES string of the molecule is Cc1ccc(COc2ccc(/C=C3\SC(=S)N([C@H](C)C(=O)O)C3=O)cc2)cc1. The molecule has 1 fully saturated rings. The maximum absolute atomic E-state index is 12.5. The van der Waals surface area contributed by atoms with Crippen LogP contribution >= 0.6 is 24.0 Å². The average Bonchev–Trinajstić information content (AvgIpc) is 2.95. The summed E-state index contributed by atoms with van der Waals surface area (Å²) in [7, 11) is 0. The smallest absolute Gasteiger partial charge is 0.326 e. The van der Waals surface area contributed by atoms with Gasteiger partial charge in [0.25, 0.3) is 5.91 Å². The highest BCUT2D eigenvalue weighted by molar-refractivity contribution is 8.26. The van der Waals surface area contributed by atoms with Gasteiger partial charge in [0.05, 0.1) is 4.91 Å². The molecule has 1 heterocycles. The summed E-state index contributed by atoms with van der Waals surface area (Å²) in [5.41, 5.74) is 3.10. The minimum atomic E-state index is -1.09. The highest BCUT2D eigenvalue weighted by atomic mass is 32.2. The van der Waals surface area contributed by atoms with Crippen LogP contribution in [-0.2, 0) is 16.2 Å². The average molecular weight is 414 g/mol. The number of carbonyl (C=O) groups excluding carboxylic acids is 1. The fourth-order valence-electron chi connectivity index (χ4n) is 2.59. The first-order chi connectivity index (χ1) is 13.3. The number of carboxylic acid groups (broad SMARTS) is 1. The molecule has 28 heavy (non-hydrogen) atoms. The third-order valence-corrected chi connectivity index (χ3v) is 5.60. The zero-order chi connectivity index (χ0) is 20.3. The van der Waals surface area contributed by atoms with E-state index in [9.17, 15) is 9.59 Å². The van der Waals surface area contributed by atoms with Gasteiger partial charge in [-0.3, -0.25) is 9.69 Å². The lowest BCUT2D eigenvalue weighted by molar-refractivity contribution is -0.144. The Hall–Kier alpha value is -2.64. The summed E-state index contributed by atoms with van der Waals surface area (Å²) in [6.45, 7) is 3.96. The Kier molecular flexibility index (Phi) is 6.16. The maximum Gasteiger partial charge on any atom is 0.326 e. The Balaban J connectivity index is 1.66. The molecule has 1 aliphatic heterocycles. The van der Waals surface area contributed by atoms with E-state index in [1.54, 1.807) is 6.08 Å². The Labute approximate surface area is 173 Å². The number of ether oxygens (including phenoxy) is 1. The van der Waals surface area contributed by atoms with Crippen LogP contribution in [0.4, 0.5) is 0 Å². The fraction of sp³-hybridized carbons (Fsp3) is 0.190. The van der Waals surface area contributed by atoms with Crippen LogP contribution in [0.5, 0.6) is 5.75 Å². The molecule has 2 aromatic carbocycles. The Morgan fingerprint density at radius 3 is 2.46 bits per heavy atom. The molecule has 0 saturated carbocycles. The van der Waals surface area contributed by atoms with Crippen LogP contribution in [0.15, 0.2) is 53.4 Å². The van der Waals surface area contributed by atoms with Crippen molar-refractivity contribution < 1.29 is 19.4 Å². The largest absolute Gasteiger partial charge is 0.489 e. The summed E-state index contributed by atoms with van der Waals surface area (Å²) in [6, 6.07) is 14.5. The summed E-state index contributed by atoms with van der Waals surface area (Å²) < 4.78 is 6.04. The molecule has 144 valence electrons. The van der Waals surface area contributed by atoms with Crippen LogP contribution < -0.4 is 4.74 Å². The van der Waals surface area contributed by atoms with Crippen molar-refractivity contribution in [1.82, 2.24) is 4.90 Å². The Morgan fingerprint density at radius 2 is 1.86 bits per heavy atom. The van der Waals surface area contributed by atoms with Crippen LogP contribution in [0.25, 0.3) is 6.08 Å². The minimum Gasteiger partial charge on any atom is -0.489 e. The fourth-order valence-corrected chi connectivity index (χ4v) is 4.01. The van der Waals surface area contributed by atoms with Crippen molar-refractivity contribution in [2.75, 3.05) is 0 Å². The number of aliphatic carboxylic acids is 1. The quantitative estimate of drug-likeness (QED) is 0.564. The van der Waals surface area contributed by atoms with E-state index in [4.69, 9.17) is 22.1 Å². The molecular formula is C21H19NO4S2. The first kappa shape index (κ1) is 20.1. The topological polar surface area (TPSA) is 66.8 Å². The Bertz CT molecular complexity index is 936. The van der Waals surface area contributed by atoms with Gasteiger partial charge in [0.2, 0.25) is 0 Å². The predicted molar refractivity (Wildman–Crippen MR) is 114 cm³/mol. The van der Waals surface area contributed by atoms with E-state index in [1.165, 1.54) is 12.5 Å². The molecule has 0 aromatic heterocycles. The highest BCUT2D eigenvalue weighted by Crippen LogP contribution is 2.34. The Morgan fingerprint density at radius 1 is 1.21 bits per heavy atom. The van der Waals surface area contributed by atoms with Crippen LogP contribution in [-0.4, -0.2) is 32.2 Å². The van der Waals surface area contributed by atoms with Gasteiger partial charge in [-0.05, 0) is 43.2 Å². The van der Waals surface area contributed by atoms with Crippen molar-refractivity contribution in [3.8, 4) is 5.75 Å². The number of thiocarbonyl (C=S) groups is 1. The van der Waals surface area contributed by atoms with Gasteiger partial charge in [-0.2, -0.15) is 0 Å². The summed E-state index contributed by atoms with van der Waals surface area (Å²) in [6.07, 6.45) is 1.71. The lowest BCUT2D eigenvalue weighted by Crippen LogP contribution is -2.41. The molecule has 7 heteroatoms. The lowest BCUT2D eigenvalue weighted by atomic mass is 10.1. The number of rotatable bonds is 6. The van der Waals surface area contributed by atoms with Crippen molar-refractivity contribution in [3.63, 3.8) is 0 Å². The zero-order valence-corrected chi connectivity index (χ0v) is 17.0. The summed E-state index contributed by atoms with van der Waals surface area (Å²) in [5.74, 6) is -0.748. The molecule has 0 radical (unpaired) electrons. The second-order valence-electron chi connectivity index (χ2n) is 6.41. The van der Waals surface area contributed by atoms with Crippen molar-refractivity contribution in [2.45, 2.75) is 26.5 Å². The van der Waals surface area contributed by atoms with E-state index in [0.717, 1.165) is 33.5 Å². The molecule has 1 atom stereocenters. The van der Waals surface area contributed by atoms with Crippen LogP contribution in [0.2, 0.25) is 0 Å². The van der Waals surface area contributed by atoms with E-state index >= 15 is 0 Å². The molecule has 1 N–H and O–H groups in total. The van der Waals surface area contributed by atoms with Crippen LogP contribution in [0, 0.1) is 6.92 Å². The van der Waals surface area contributed by atoms with E-state index in [1.807, 2.05) is 55.5 Å². The van der Waals surface area contributed by atoms with Gasteiger partial charge < -0.3 is 9.84 Å². The van der Waals surface area contributed by atoms with Crippen molar-refractivity contribution >= 4 is 46.3 Å². The van der Waals surface area contributed by atoms with Crippen LogP contribution in [0.3, 0.4) is 0 Å². The third-order valence-electron chi connectivity index (χ3n) is 4.27. The number of amides is 1. The molecule has 5 nitrogen and oxygen atoms in total. The third kappa shape index (κ3) is 4.61. The van der Waals surface area contributed by atoms with Gasteiger partial charge in [0, 0.05) is 0 Å². The molecular weight excluding hydrogens is 394 g/mol. The molecule has 2 aromatic rings. The lowest BCUT2D eigenvalue weighted by Gasteiger charge is -2.18. The molecule has 1 amide bonds. The van der Waals surface area contributed by atoms with Crippen molar-refractivity contribution in [3.05, 3.63) is 70.1 Å². The highest BCUT2D eigenvalue weighted by Gasteiger charge is 2.38. The standard InChI is InChI=1S/C21H19NO4S2/c1-13-3-5-16(6-4-13)12-26-17-9-7-15(8-10-17)11-18-19(23)22(21(27)28-18)14(2)20(24)25/h3-11,14H,12H2,1-2H3,(H,24,25)/b18-11-/t14-/m1/s1. The zero-order valence-electron chi connectivity index (χ0n) is 15.4. The predicted octanol–water partition coefficient (Wildman–Crippen LogP) is 4.25. The number of carboxylic acids is 1. The summed E-state index contributed by atoms with van der Waals surface area (Å²) >= 11 is 6.27. The molecule has 0 bridgehead atoms. The second kappa shape index (κ2) is 8.58. The number of aryl methyl sites for hydroxylation is 1. The summed E-state index contributed by atoms with van der Waals surface area (Å²) in [5, 5.41) is 9.13. The number of hydrogen-bond acceptors (Lipinski definition) is 5. The monoisotopic (exact) mass is 413 g/mol. The minimum absolute atomic E-state index is 0.254. The molecule has 1 aliphatic rings. The molecule has 0 aliphatic carbocycles. The second-order valence-corrected chi connectivity index (χ2v) is 8.08. The first-order valence-corrected chi connectivity index (χ1v) is 9.86. The van der Waals surface area contributed by atoms with Gasteiger partial charge in [-0.25, -0.2) is 4.79 Å².